The third kappa shape index (κ3) is 1.96. The minimum Gasteiger partial charge on any atom is -0.465 e. The van der Waals surface area contributed by atoms with Crippen molar-refractivity contribution in [1.82, 2.24) is 0 Å². The van der Waals surface area contributed by atoms with Crippen LogP contribution in [-0.2, 0) is 4.79 Å². The van der Waals surface area contributed by atoms with Gasteiger partial charge < -0.3 is 4.42 Å². The molecule has 0 saturated carbocycles. The fourth-order valence-electron chi connectivity index (χ4n) is 1.33. The Labute approximate surface area is 76.6 Å². The van der Waals surface area contributed by atoms with E-state index in [0.29, 0.717) is 6.42 Å². The van der Waals surface area contributed by atoms with Crippen LogP contribution in [0.5, 0.6) is 0 Å². The van der Waals surface area contributed by atoms with Gasteiger partial charge in [0.15, 0.2) is 5.78 Å². The molecule has 0 saturated heterocycles. The average molecular weight is 174 g/mol. The second-order valence-corrected chi connectivity index (χ2v) is 3.03. The lowest BCUT2D eigenvalue weighted by Gasteiger charge is -1.87. The van der Waals surface area contributed by atoms with Crippen molar-refractivity contribution in [3.63, 3.8) is 0 Å². The number of carbonyl (C=O) groups is 1. The first-order chi connectivity index (χ1) is 6.34. The Balaban J connectivity index is 2.06. The van der Waals surface area contributed by atoms with Gasteiger partial charge in [-0.2, -0.15) is 0 Å². The first-order valence-corrected chi connectivity index (χ1v) is 4.29. The van der Waals surface area contributed by atoms with Gasteiger partial charge in [-0.25, -0.2) is 0 Å². The van der Waals surface area contributed by atoms with Crippen LogP contribution in [0.2, 0.25) is 0 Å². The van der Waals surface area contributed by atoms with Gasteiger partial charge in [0.1, 0.15) is 5.76 Å². The van der Waals surface area contributed by atoms with E-state index in [1.807, 2.05) is 24.3 Å². The fraction of sp³-hybridized carbons (Fsp3) is 0.182. The topological polar surface area (TPSA) is 30.2 Å². The van der Waals surface area contributed by atoms with E-state index in [4.69, 9.17) is 4.42 Å². The number of hydrogen-bond donors (Lipinski definition) is 0. The molecule has 2 heteroatoms. The number of carbonyl (C=O) groups excluding carboxylic acids is 1. The molecule has 1 aliphatic rings. The zero-order valence-corrected chi connectivity index (χ0v) is 7.19. The molecule has 2 rings (SSSR count). The quantitative estimate of drug-likeness (QED) is 0.689. The second kappa shape index (κ2) is 3.44. The normalized spacial score (nSPS) is 16.9. The van der Waals surface area contributed by atoms with Gasteiger partial charge in [-0.05, 0) is 36.3 Å². The van der Waals surface area contributed by atoms with Crippen LogP contribution in [0.15, 0.2) is 40.5 Å². The first-order valence-electron chi connectivity index (χ1n) is 4.29. The first kappa shape index (κ1) is 8.05. The SMILES string of the molecule is O=C1C=C(C=Cc2ccco2)CC1. The van der Waals surface area contributed by atoms with Gasteiger partial charge in [-0.15, -0.1) is 0 Å². The molecule has 0 aliphatic heterocycles. The monoisotopic (exact) mass is 174 g/mol. The molecule has 0 unspecified atom stereocenters. The second-order valence-electron chi connectivity index (χ2n) is 3.03. The van der Waals surface area contributed by atoms with Crippen LogP contribution in [0.25, 0.3) is 6.08 Å². The van der Waals surface area contributed by atoms with Crippen LogP contribution in [0.3, 0.4) is 0 Å². The number of rotatable bonds is 2. The molecule has 0 aromatic carbocycles. The Morgan fingerprint density at radius 3 is 2.85 bits per heavy atom. The van der Waals surface area contributed by atoms with Crippen molar-refractivity contribution in [2.45, 2.75) is 12.8 Å². The van der Waals surface area contributed by atoms with E-state index < -0.39 is 0 Å². The third-order valence-electron chi connectivity index (χ3n) is 2.01. The highest BCUT2D eigenvalue weighted by Crippen LogP contribution is 2.17. The summed E-state index contributed by atoms with van der Waals surface area (Å²) >= 11 is 0. The summed E-state index contributed by atoms with van der Waals surface area (Å²) < 4.78 is 5.12. The predicted octanol–water partition coefficient (Wildman–Crippen LogP) is 2.58. The molecule has 1 aromatic rings. The molecule has 0 spiro atoms. The largest absolute Gasteiger partial charge is 0.465 e. The lowest BCUT2D eigenvalue weighted by atomic mass is 10.2. The van der Waals surface area contributed by atoms with Gasteiger partial charge in [0.2, 0.25) is 0 Å². The molecular formula is C11H10O2. The van der Waals surface area contributed by atoms with E-state index in [2.05, 4.69) is 0 Å². The van der Waals surface area contributed by atoms with E-state index in [0.717, 1.165) is 17.8 Å². The van der Waals surface area contributed by atoms with Crippen molar-refractivity contribution in [2.75, 3.05) is 0 Å². The molecule has 13 heavy (non-hydrogen) atoms. The zero-order valence-electron chi connectivity index (χ0n) is 7.19. The molecule has 0 fully saturated rings. The zero-order chi connectivity index (χ0) is 9.10. The molecule has 1 aliphatic carbocycles. The molecular weight excluding hydrogens is 164 g/mol. The predicted molar refractivity (Wildman–Crippen MR) is 50.1 cm³/mol. The standard InChI is InChI=1S/C11H10O2/c12-10-5-3-9(8-10)4-6-11-2-1-7-13-11/h1-2,4,6-8H,3,5H2. The van der Waals surface area contributed by atoms with Crippen LogP contribution in [0.1, 0.15) is 18.6 Å². The van der Waals surface area contributed by atoms with Gasteiger partial charge in [-0.1, -0.05) is 6.08 Å². The Kier molecular flexibility index (Phi) is 2.13. The molecule has 2 nitrogen and oxygen atoms in total. The van der Waals surface area contributed by atoms with Crippen molar-refractivity contribution >= 4 is 11.9 Å². The van der Waals surface area contributed by atoms with E-state index in [9.17, 15) is 4.79 Å². The van der Waals surface area contributed by atoms with E-state index >= 15 is 0 Å². The number of furan rings is 1. The maximum Gasteiger partial charge on any atom is 0.156 e. The van der Waals surface area contributed by atoms with Gasteiger partial charge in [0, 0.05) is 6.42 Å². The highest BCUT2D eigenvalue weighted by atomic mass is 16.3. The molecule has 0 radical (unpaired) electrons. The Hall–Kier alpha value is -1.57. The fourth-order valence-corrected chi connectivity index (χ4v) is 1.33. The molecule has 1 aromatic heterocycles. The summed E-state index contributed by atoms with van der Waals surface area (Å²) in [4.78, 5) is 10.9. The van der Waals surface area contributed by atoms with Crippen LogP contribution < -0.4 is 0 Å². The molecule has 0 atom stereocenters. The molecule has 0 bridgehead atoms. The van der Waals surface area contributed by atoms with Gasteiger partial charge in [0.05, 0.1) is 6.26 Å². The van der Waals surface area contributed by atoms with Gasteiger partial charge in [-0.3, -0.25) is 4.79 Å². The van der Waals surface area contributed by atoms with E-state index in [1.54, 1.807) is 12.3 Å². The maximum atomic E-state index is 10.9. The van der Waals surface area contributed by atoms with Crippen molar-refractivity contribution < 1.29 is 9.21 Å². The highest BCUT2D eigenvalue weighted by molar-refractivity contribution is 5.93. The van der Waals surface area contributed by atoms with Crippen molar-refractivity contribution in [3.8, 4) is 0 Å². The summed E-state index contributed by atoms with van der Waals surface area (Å²) in [5.41, 5.74) is 1.08. The van der Waals surface area contributed by atoms with Gasteiger partial charge >= 0.3 is 0 Å². The number of hydrogen-bond acceptors (Lipinski definition) is 2. The number of ketones is 1. The summed E-state index contributed by atoms with van der Waals surface area (Å²) in [5, 5.41) is 0. The lowest BCUT2D eigenvalue weighted by molar-refractivity contribution is -0.114. The maximum absolute atomic E-state index is 10.9. The van der Waals surface area contributed by atoms with Crippen LogP contribution in [0.4, 0.5) is 0 Å². The smallest absolute Gasteiger partial charge is 0.156 e. The summed E-state index contributed by atoms with van der Waals surface area (Å²) in [6.45, 7) is 0. The molecule has 0 amide bonds. The minimum atomic E-state index is 0.221. The summed E-state index contributed by atoms with van der Waals surface area (Å²) in [7, 11) is 0. The van der Waals surface area contributed by atoms with Crippen LogP contribution >= 0.6 is 0 Å². The average Bonchev–Trinajstić information content (AvgIpc) is 2.71. The summed E-state index contributed by atoms with van der Waals surface area (Å²) in [6, 6.07) is 3.72. The van der Waals surface area contributed by atoms with Crippen molar-refractivity contribution in [2.24, 2.45) is 0 Å². The van der Waals surface area contributed by atoms with Crippen LogP contribution in [0, 0.1) is 0 Å². The summed E-state index contributed by atoms with van der Waals surface area (Å²) in [6.07, 6.45) is 8.65. The van der Waals surface area contributed by atoms with Crippen molar-refractivity contribution in [1.29, 1.82) is 0 Å². The molecule has 0 N–H and O–H groups in total. The van der Waals surface area contributed by atoms with Crippen LogP contribution in [-0.4, -0.2) is 5.78 Å². The molecule has 66 valence electrons. The Morgan fingerprint density at radius 1 is 1.31 bits per heavy atom. The lowest BCUT2D eigenvalue weighted by Crippen LogP contribution is -1.80. The number of allylic oxidation sites excluding steroid dienone is 3. The Morgan fingerprint density at radius 2 is 2.23 bits per heavy atom. The van der Waals surface area contributed by atoms with E-state index in [-0.39, 0.29) is 5.78 Å². The molecule has 1 heterocycles. The summed E-state index contributed by atoms with van der Waals surface area (Å²) in [5.74, 6) is 1.04. The highest BCUT2D eigenvalue weighted by Gasteiger charge is 2.08. The third-order valence-corrected chi connectivity index (χ3v) is 2.01. The Bertz CT molecular complexity index is 355. The van der Waals surface area contributed by atoms with Gasteiger partial charge in [0.25, 0.3) is 0 Å². The van der Waals surface area contributed by atoms with Crippen molar-refractivity contribution in [3.05, 3.63) is 41.9 Å². The minimum absolute atomic E-state index is 0.221. The van der Waals surface area contributed by atoms with E-state index in [1.165, 1.54) is 0 Å².